The fourth-order valence-corrected chi connectivity index (χ4v) is 3.73. The van der Waals surface area contributed by atoms with Crippen LogP contribution in [0.2, 0.25) is 0 Å². The molecular formula is C27H24O4. The Bertz CT molecular complexity index is 1080. The minimum absolute atomic E-state index is 0.212. The van der Waals surface area contributed by atoms with Crippen molar-refractivity contribution in [1.82, 2.24) is 0 Å². The van der Waals surface area contributed by atoms with Crippen LogP contribution in [0.5, 0.6) is 23.0 Å². The molecule has 0 atom stereocenters. The molecule has 31 heavy (non-hydrogen) atoms. The van der Waals surface area contributed by atoms with Gasteiger partial charge in [0.1, 0.15) is 23.0 Å². The van der Waals surface area contributed by atoms with Gasteiger partial charge in [-0.05, 0) is 57.6 Å². The fraction of sp³-hybridized carbons (Fsp3) is 0.111. The van der Waals surface area contributed by atoms with Crippen LogP contribution in [0, 0.1) is 0 Å². The van der Waals surface area contributed by atoms with E-state index in [1.165, 1.54) is 0 Å². The summed E-state index contributed by atoms with van der Waals surface area (Å²) in [6, 6.07) is 25.2. The highest BCUT2D eigenvalue weighted by Crippen LogP contribution is 2.32. The average molecular weight is 412 g/mol. The van der Waals surface area contributed by atoms with Crippen LogP contribution in [0.1, 0.15) is 33.4 Å². The zero-order valence-corrected chi connectivity index (χ0v) is 17.0. The molecule has 0 fully saturated rings. The Hall–Kier alpha value is -3.92. The third-order valence-corrected chi connectivity index (χ3v) is 5.45. The number of rotatable bonds is 6. The lowest BCUT2D eigenvalue weighted by atomic mass is 9.95. The summed E-state index contributed by atoms with van der Waals surface area (Å²) >= 11 is 0. The first-order valence-electron chi connectivity index (χ1n) is 10.1. The molecule has 0 heterocycles. The van der Waals surface area contributed by atoms with E-state index in [0.29, 0.717) is 19.3 Å². The van der Waals surface area contributed by atoms with Crippen LogP contribution >= 0.6 is 0 Å². The molecule has 0 aromatic heterocycles. The first-order chi connectivity index (χ1) is 15.0. The highest BCUT2D eigenvalue weighted by molar-refractivity contribution is 5.50. The third kappa shape index (κ3) is 4.81. The van der Waals surface area contributed by atoms with Crippen LogP contribution in [0.15, 0.2) is 84.9 Å². The van der Waals surface area contributed by atoms with Crippen molar-refractivity contribution >= 4 is 0 Å². The van der Waals surface area contributed by atoms with Gasteiger partial charge in [0.05, 0.1) is 0 Å². The maximum Gasteiger partial charge on any atom is 0.122 e. The van der Waals surface area contributed by atoms with Gasteiger partial charge in [-0.3, -0.25) is 0 Å². The van der Waals surface area contributed by atoms with Gasteiger partial charge in [0, 0.05) is 19.3 Å². The van der Waals surface area contributed by atoms with Crippen molar-refractivity contribution in [3.8, 4) is 23.0 Å². The summed E-state index contributed by atoms with van der Waals surface area (Å²) in [7, 11) is 0. The lowest BCUT2D eigenvalue weighted by Gasteiger charge is -2.13. The van der Waals surface area contributed by atoms with Gasteiger partial charge in [0.25, 0.3) is 0 Å². The maximum absolute atomic E-state index is 10.8. The van der Waals surface area contributed by atoms with Crippen LogP contribution in [0.4, 0.5) is 0 Å². The van der Waals surface area contributed by atoms with Crippen molar-refractivity contribution < 1.29 is 20.4 Å². The van der Waals surface area contributed by atoms with Crippen molar-refractivity contribution in [1.29, 1.82) is 0 Å². The predicted molar refractivity (Wildman–Crippen MR) is 121 cm³/mol. The minimum Gasteiger partial charge on any atom is -0.508 e. The molecule has 0 bridgehead atoms. The van der Waals surface area contributed by atoms with Gasteiger partial charge < -0.3 is 20.4 Å². The molecule has 0 aliphatic heterocycles. The SMILES string of the molecule is Oc1ccc(Cc2cccc(Cc3cccc(Cc4ccc(O)cc4)c3O)c2O)cc1. The zero-order valence-electron chi connectivity index (χ0n) is 17.0. The highest BCUT2D eigenvalue weighted by Gasteiger charge is 2.13. The summed E-state index contributed by atoms with van der Waals surface area (Å²) in [5.74, 6) is 0.867. The van der Waals surface area contributed by atoms with E-state index in [1.54, 1.807) is 24.3 Å². The Labute approximate surface area is 181 Å². The van der Waals surface area contributed by atoms with Crippen molar-refractivity contribution in [3.63, 3.8) is 0 Å². The lowest BCUT2D eigenvalue weighted by Crippen LogP contribution is -1.97. The molecule has 4 nitrogen and oxygen atoms in total. The molecule has 0 radical (unpaired) electrons. The summed E-state index contributed by atoms with van der Waals surface area (Å²) in [5.41, 5.74) is 5.06. The van der Waals surface area contributed by atoms with E-state index in [4.69, 9.17) is 0 Å². The Morgan fingerprint density at radius 1 is 0.387 bits per heavy atom. The van der Waals surface area contributed by atoms with Crippen molar-refractivity contribution in [2.75, 3.05) is 0 Å². The summed E-state index contributed by atoms with van der Waals surface area (Å²) < 4.78 is 0. The fourth-order valence-electron chi connectivity index (χ4n) is 3.73. The molecule has 0 saturated heterocycles. The molecule has 4 N–H and O–H groups in total. The van der Waals surface area contributed by atoms with Crippen LogP contribution in [0.25, 0.3) is 0 Å². The number of aromatic hydroxyl groups is 4. The van der Waals surface area contributed by atoms with E-state index in [0.717, 1.165) is 33.4 Å². The van der Waals surface area contributed by atoms with Gasteiger partial charge in [-0.2, -0.15) is 0 Å². The molecule has 4 aromatic carbocycles. The molecule has 0 amide bonds. The van der Waals surface area contributed by atoms with Gasteiger partial charge in [-0.25, -0.2) is 0 Å². The molecule has 156 valence electrons. The van der Waals surface area contributed by atoms with E-state index in [2.05, 4.69) is 0 Å². The van der Waals surface area contributed by atoms with Crippen molar-refractivity contribution in [3.05, 3.63) is 118 Å². The zero-order chi connectivity index (χ0) is 21.8. The highest BCUT2D eigenvalue weighted by atomic mass is 16.3. The molecule has 0 spiro atoms. The monoisotopic (exact) mass is 412 g/mol. The summed E-state index contributed by atoms with van der Waals surface area (Å²) in [6.45, 7) is 0. The first kappa shape index (κ1) is 20.4. The van der Waals surface area contributed by atoms with Gasteiger partial charge in [0.15, 0.2) is 0 Å². The van der Waals surface area contributed by atoms with Gasteiger partial charge in [-0.15, -0.1) is 0 Å². The molecule has 0 saturated carbocycles. The van der Waals surface area contributed by atoms with E-state index < -0.39 is 0 Å². The second-order valence-electron chi connectivity index (χ2n) is 7.71. The van der Waals surface area contributed by atoms with Crippen LogP contribution in [0.3, 0.4) is 0 Å². The van der Waals surface area contributed by atoms with E-state index in [1.807, 2.05) is 60.7 Å². The van der Waals surface area contributed by atoms with Crippen molar-refractivity contribution in [2.45, 2.75) is 19.3 Å². The number of benzene rings is 4. The molecule has 4 aromatic rings. The second kappa shape index (κ2) is 8.84. The lowest BCUT2D eigenvalue weighted by molar-refractivity contribution is 0.457. The van der Waals surface area contributed by atoms with Crippen LogP contribution in [-0.2, 0) is 19.3 Å². The van der Waals surface area contributed by atoms with Gasteiger partial charge in [0.2, 0.25) is 0 Å². The standard InChI is InChI=1S/C27H24O4/c28-24-11-7-18(8-12-24)15-20-3-1-5-22(26(20)30)17-23-6-2-4-21(27(23)31)16-19-9-13-25(29)14-10-19/h1-14,28-31H,15-17H2. The number of hydrogen-bond acceptors (Lipinski definition) is 4. The van der Waals surface area contributed by atoms with Crippen molar-refractivity contribution in [2.24, 2.45) is 0 Å². The predicted octanol–water partition coefficient (Wildman–Crippen LogP) is 5.28. The third-order valence-electron chi connectivity index (χ3n) is 5.45. The smallest absolute Gasteiger partial charge is 0.122 e. The molecular weight excluding hydrogens is 388 g/mol. The Morgan fingerprint density at radius 2 is 0.710 bits per heavy atom. The maximum atomic E-state index is 10.8. The number of para-hydroxylation sites is 2. The largest absolute Gasteiger partial charge is 0.508 e. The van der Waals surface area contributed by atoms with Gasteiger partial charge >= 0.3 is 0 Å². The summed E-state index contributed by atoms with van der Waals surface area (Å²) in [4.78, 5) is 0. The number of hydrogen-bond donors (Lipinski definition) is 4. The first-order valence-corrected chi connectivity index (χ1v) is 10.1. The molecule has 4 heteroatoms. The Kier molecular flexibility index (Phi) is 5.80. The molecule has 0 unspecified atom stereocenters. The topological polar surface area (TPSA) is 80.9 Å². The summed E-state index contributed by atoms with van der Waals surface area (Å²) in [6.07, 6.45) is 1.50. The number of phenolic OH excluding ortho intramolecular Hbond substituents is 4. The Morgan fingerprint density at radius 3 is 1.06 bits per heavy atom. The second-order valence-corrected chi connectivity index (χ2v) is 7.71. The van der Waals surface area contributed by atoms with Crippen LogP contribution < -0.4 is 0 Å². The average Bonchev–Trinajstić information content (AvgIpc) is 2.77. The number of phenols is 4. The minimum atomic E-state index is 0.212. The van der Waals surface area contributed by atoms with E-state index in [-0.39, 0.29) is 23.0 Å². The van der Waals surface area contributed by atoms with Crippen LogP contribution in [-0.4, -0.2) is 20.4 Å². The molecule has 0 aliphatic carbocycles. The summed E-state index contributed by atoms with van der Waals surface area (Å²) in [5, 5.41) is 40.6. The normalized spacial score (nSPS) is 10.8. The Balaban J connectivity index is 1.56. The molecule has 4 rings (SSSR count). The molecule has 0 aliphatic rings. The van der Waals surface area contributed by atoms with Gasteiger partial charge in [-0.1, -0.05) is 60.7 Å². The van der Waals surface area contributed by atoms with E-state index in [9.17, 15) is 20.4 Å². The van der Waals surface area contributed by atoms with E-state index >= 15 is 0 Å². The quantitative estimate of drug-likeness (QED) is 0.347.